The van der Waals surface area contributed by atoms with Gasteiger partial charge in [-0.2, -0.15) is 8.78 Å². The quantitative estimate of drug-likeness (QED) is 0.610. The summed E-state index contributed by atoms with van der Waals surface area (Å²) in [6.07, 6.45) is 3.47. The van der Waals surface area contributed by atoms with Crippen LogP contribution in [0.2, 0.25) is 0 Å². The molecule has 0 atom stereocenters. The molecule has 0 aliphatic heterocycles. The molecule has 7 heteroatoms. The van der Waals surface area contributed by atoms with Crippen molar-refractivity contribution in [3.05, 3.63) is 53.6 Å². The lowest BCUT2D eigenvalue weighted by atomic mass is 9.86. The zero-order valence-corrected chi connectivity index (χ0v) is 15.8. The van der Waals surface area contributed by atoms with Crippen LogP contribution in [0.15, 0.2) is 41.7 Å². The van der Waals surface area contributed by atoms with Gasteiger partial charge in [0.1, 0.15) is 5.82 Å². The maximum Gasteiger partial charge on any atom is 0.319 e. The van der Waals surface area contributed by atoms with E-state index < -0.39 is 6.55 Å². The van der Waals surface area contributed by atoms with Gasteiger partial charge in [0.25, 0.3) is 0 Å². The Morgan fingerprint density at radius 1 is 1.19 bits per heavy atom. The lowest BCUT2D eigenvalue weighted by Gasteiger charge is -2.19. The zero-order valence-electron chi connectivity index (χ0n) is 15.8. The molecular weight excluding hydrogens is 336 g/mol. The minimum Gasteiger partial charge on any atom is -0.356 e. The van der Waals surface area contributed by atoms with Crippen molar-refractivity contribution >= 4 is 5.96 Å². The smallest absolute Gasteiger partial charge is 0.319 e. The number of hydrogen-bond donors (Lipinski definition) is 2. The van der Waals surface area contributed by atoms with Crippen LogP contribution in [-0.2, 0) is 18.4 Å². The van der Waals surface area contributed by atoms with Gasteiger partial charge in [0, 0.05) is 26.0 Å². The van der Waals surface area contributed by atoms with Gasteiger partial charge in [0.15, 0.2) is 5.96 Å². The number of nitrogens with zero attached hydrogens (tertiary/aromatic N) is 3. The summed E-state index contributed by atoms with van der Waals surface area (Å²) in [6.45, 7) is 4.85. The van der Waals surface area contributed by atoms with Crippen molar-refractivity contribution < 1.29 is 8.78 Å². The van der Waals surface area contributed by atoms with Gasteiger partial charge in [0.05, 0.1) is 6.54 Å². The molecule has 142 valence electrons. The molecule has 0 amide bonds. The third kappa shape index (κ3) is 5.54. The lowest BCUT2D eigenvalue weighted by Crippen LogP contribution is -2.38. The predicted molar refractivity (Wildman–Crippen MR) is 101 cm³/mol. The summed E-state index contributed by atoms with van der Waals surface area (Å²) in [4.78, 5) is 8.05. The van der Waals surface area contributed by atoms with Crippen molar-refractivity contribution in [2.45, 2.75) is 45.7 Å². The lowest BCUT2D eigenvalue weighted by molar-refractivity contribution is 0.0668. The number of hydrogen-bond acceptors (Lipinski definition) is 2. The molecule has 0 aliphatic rings. The van der Waals surface area contributed by atoms with E-state index in [1.807, 2.05) is 0 Å². The van der Waals surface area contributed by atoms with Crippen LogP contribution in [0.1, 0.15) is 44.3 Å². The first-order chi connectivity index (χ1) is 12.3. The number of guanidine groups is 1. The largest absolute Gasteiger partial charge is 0.356 e. The Balaban J connectivity index is 1.81. The summed E-state index contributed by atoms with van der Waals surface area (Å²) in [6, 6.07) is 8.59. The molecule has 1 aromatic carbocycles. The van der Waals surface area contributed by atoms with Gasteiger partial charge in [-0.15, -0.1) is 0 Å². The Bertz CT molecular complexity index is 714. The van der Waals surface area contributed by atoms with Gasteiger partial charge in [-0.05, 0) is 23.0 Å². The second kappa shape index (κ2) is 8.78. The number of rotatable bonds is 6. The third-order valence-electron chi connectivity index (χ3n) is 4.12. The molecule has 0 bridgehead atoms. The van der Waals surface area contributed by atoms with Crippen LogP contribution in [0, 0.1) is 0 Å². The second-order valence-electron chi connectivity index (χ2n) is 7.08. The summed E-state index contributed by atoms with van der Waals surface area (Å²) in [5.74, 6) is 0.820. The monoisotopic (exact) mass is 363 g/mol. The molecule has 0 saturated carbocycles. The van der Waals surface area contributed by atoms with Gasteiger partial charge < -0.3 is 10.6 Å². The van der Waals surface area contributed by atoms with E-state index in [0.29, 0.717) is 12.5 Å². The molecule has 5 nitrogen and oxygen atoms in total. The standard InChI is InChI=1S/C19H27F2N5/c1-19(2,3)15-7-5-14(6-8-15)9-10-24-18(22-4)25-13-16-23-11-12-26(16)17(20)21/h5-8,11-12,17H,9-10,13H2,1-4H3,(H2,22,24,25). The van der Waals surface area contributed by atoms with E-state index in [4.69, 9.17) is 0 Å². The summed E-state index contributed by atoms with van der Waals surface area (Å²) in [5, 5.41) is 6.19. The first-order valence-electron chi connectivity index (χ1n) is 8.65. The van der Waals surface area contributed by atoms with Gasteiger partial charge >= 0.3 is 6.55 Å². The summed E-state index contributed by atoms with van der Waals surface area (Å²) in [7, 11) is 1.65. The van der Waals surface area contributed by atoms with Gasteiger partial charge in [0.2, 0.25) is 0 Å². The van der Waals surface area contributed by atoms with Crippen LogP contribution in [-0.4, -0.2) is 29.1 Å². The molecule has 2 N–H and O–H groups in total. The van der Waals surface area contributed by atoms with Crippen molar-refractivity contribution in [2.24, 2.45) is 4.99 Å². The molecule has 0 radical (unpaired) electrons. The predicted octanol–water partition coefficient (Wildman–Crippen LogP) is 3.48. The Hall–Kier alpha value is -2.44. The van der Waals surface area contributed by atoms with Crippen LogP contribution < -0.4 is 10.6 Å². The number of aromatic nitrogens is 2. The van der Waals surface area contributed by atoms with E-state index in [9.17, 15) is 8.78 Å². The maximum absolute atomic E-state index is 12.8. The van der Waals surface area contributed by atoms with E-state index in [1.54, 1.807) is 7.05 Å². The molecule has 0 aliphatic carbocycles. The number of nitrogens with one attached hydrogen (secondary N) is 2. The van der Waals surface area contributed by atoms with E-state index in [0.717, 1.165) is 11.0 Å². The SMILES string of the molecule is CN=C(NCCc1ccc(C(C)(C)C)cc1)NCc1nccn1C(F)F. The molecule has 0 unspecified atom stereocenters. The molecule has 26 heavy (non-hydrogen) atoms. The zero-order chi connectivity index (χ0) is 19.2. The Morgan fingerprint density at radius 3 is 2.46 bits per heavy atom. The van der Waals surface area contributed by atoms with E-state index >= 15 is 0 Å². The maximum atomic E-state index is 12.8. The molecule has 0 spiro atoms. The average molecular weight is 363 g/mol. The number of alkyl halides is 2. The van der Waals surface area contributed by atoms with Crippen molar-refractivity contribution in [1.82, 2.24) is 20.2 Å². The highest BCUT2D eigenvalue weighted by molar-refractivity contribution is 5.79. The third-order valence-corrected chi connectivity index (χ3v) is 4.12. The van der Waals surface area contributed by atoms with Crippen LogP contribution in [0.5, 0.6) is 0 Å². The highest BCUT2D eigenvalue weighted by atomic mass is 19.3. The normalized spacial score (nSPS) is 12.5. The Labute approximate surface area is 153 Å². The van der Waals surface area contributed by atoms with Crippen molar-refractivity contribution in [1.29, 1.82) is 0 Å². The topological polar surface area (TPSA) is 54.2 Å². The van der Waals surface area contributed by atoms with Gasteiger partial charge in [-0.1, -0.05) is 45.0 Å². The van der Waals surface area contributed by atoms with Crippen LogP contribution in [0.4, 0.5) is 8.78 Å². The fraction of sp³-hybridized carbons (Fsp3) is 0.474. The van der Waals surface area contributed by atoms with Crippen molar-refractivity contribution in [2.75, 3.05) is 13.6 Å². The van der Waals surface area contributed by atoms with Gasteiger partial charge in [-0.3, -0.25) is 9.56 Å². The van der Waals surface area contributed by atoms with Crippen LogP contribution in [0.25, 0.3) is 0 Å². The number of imidazole rings is 1. The summed E-state index contributed by atoms with van der Waals surface area (Å²) in [5.41, 5.74) is 2.68. The molecule has 0 fully saturated rings. The van der Waals surface area contributed by atoms with E-state index in [-0.39, 0.29) is 17.8 Å². The summed E-state index contributed by atoms with van der Waals surface area (Å²) < 4.78 is 26.4. The number of aliphatic imine (C=N–C) groups is 1. The highest BCUT2D eigenvalue weighted by Crippen LogP contribution is 2.22. The van der Waals surface area contributed by atoms with E-state index in [1.165, 1.54) is 23.5 Å². The van der Waals surface area contributed by atoms with Crippen molar-refractivity contribution in [3.8, 4) is 0 Å². The second-order valence-corrected chi connectivity index (χ2v) is 7.08. The Kier molecular flexibility index (Phi) is 6.71. The van der Waals surface area contributed by atoms with Crippen molar-refractivity contribution in [3.63, 3.8) is 0 Å². The highest BCUT2D eigenvalue weighted by Gasteiger charge is 2.13. The minimum absolute atomic E-state index is 0.145. The molecule has 2 rings (SSSR count). The first kappa shape index (κ1) is 19.9. The Morgan fingerprint density at radius 2 is 1.88 bits per heavy atom. The molecule has 2 aromatic rings. The number of benzene rings is 1. The fourth-order valence-corrected chi connectivity index (χ4v) is 2.54. The summed E-state index contributed by atoms with van der Waals surface area (Å²) >= 11 is 0. The van der Waals surface area contributed by atoms with Gasteiger partial charge in [-0.25, -0.2) is 4.98 Å². The molecule has 1 heterocycles. The average Bonchev–Trinajstić information content (AvgIpc) is 3.06. The van der Waals surface area contributed by atoms with E-state index in [2.05, 4.69) is 65.6 Å². The minimum atomic E-state index is -2.60. The number of halogens is 2. The van der Waals surface area contributed by atoms with Crippen LogP contribution >= 0.6 is 0 Å². The molecule has 1 aromatic heterocycles. The molecular formula is C19H27F2N5. The fourth-order valence-electron chi connectivity index (χ4n) is 2.54. The molecule has 0 saturated heterocycles. The first-order valence-corrected chi connectivity index (χ1v) is 8.65. The van der Waals surface area contributed by atoms with Crippen LogP contribution in [0.3, 0.4) is 0 Å².